The lowest BCUT2D eigenvalue weighted by atomic mass is 10.0. The van der Waals surface area contributed by atoms with Crippen molar-refractivity contribution in [1.29, 1.82) is 0 Å². The third kappa shape index (κ3) is 2.56. The zero-order chi connectivity index (χ0) is 15.0. The molecule has 4 nitrogen and oxygen atoms in total. The first-order valence-electron chi connectivity index (χ1n) is 7.21. The van der Waals surface area contributed by atoms with Gasteiger partial charge >= 0.3 is 0 Å². The van der Waals surface area contributed by atoms with Crippen LogP contribution in [0, 0.1) is 0 Å². The molecule has 3 rings (SSSR count). The molecule has 21 heavy (non-hydrogen) atoms. The summed E-state index contributed by atoms with van der Waals surface area (Å²) in [6.07, 6.45) is 2.77. The number of halogens is 1. The van der Waals surface area contributed by atoms with E-state index in [4.69, 9.17) is 11.6 Å². The summed E-state index contributed by atoms with van der Waals surface area (Å²) in [4.78, 5) is 14.4. The van der Waals surface area contributed by atoms with Gasteiger partial charge in [-0.05, 0) is 30.5 Å². The maximum atomic E-state index is 12.5. The fourth-order valence-electron chi connectivity index (χ4n) is 2.58. The second kappa shape index (κ2) is 5.53. The number of likely N-dealkylation sites (tertiary alicyclic amines) is 1. The van der Waals surface area contributed by atoms with Crippen LogP contribution in [0.4, 0.5) is 0 Å². The SMILES string of the molecule is CC(C)c1c(C(=O)N2CCC2)cnn1-c1cccc(Cl)c1. The minimum absolute atomic E-state index is 0.0817. The molecular weight excluding hydrogens is 286 g/mol. The molecule has 5 heteroatoms. The second-order valence-corrected chi connectivity index (χ2v) is 6.07. The summed E-state index contributed by atoms with van der Waals surface area (Å²) in [5.41, 5.74) is 2.52. The molecule has 2 heterocycles. The van der Waals surface area contributed by atoms with Crippen molar-refractivity contribution in [3.8, 4) is 5.69 Å². The minimum atomic E-state index is 0.0817. The summed E-state index contributed by atoms with van der Waals surface area (Å²) in [5.74, 6) is 0.282. The fourth-order valence-corrected chi connectivity index (χ4v) is 2.77. The standard InChI is InChI=1S/C16H18ClN3O/c1-11(2)15-14(16(21)19-7-4-8-19)10-18-20(15)13-6-3-5-12(17)9-13/h3,5-6,9-11H,4,7-8H2,1-2H3. The Morgan fingerprint density at radius 1 is 1.33 bits per heavy atom. The van der Waals surface area contributed by atoms with Crippen LogP contribution in [0.2, 0.25) is 5.02 Å². The zero-order valence-corrected chi connectivity index (χ0v) is 13.0. The van der Waals surface area contributed by atoms with Gasteiger partial charge in [0.25, 0.3) is 5.91 Å². The van der Waals surface area contributed by atoms with Crippen molar-refractivity contribution >= 4 is 17.5 Å². The van der Waals surface area contributed by atoms with Crippen LogP contribution >= 0.6 is 11.6 Å². The lowest BCUT2D eigenvalue weighted by Gasteiger charge is -2.31. The maximum Gasteiger partial charge on any atom is 0.257 e. The average molecular weight is 304 g/mol. The number of carbonyl (C=O) groups excluding carboxylic acids is 1. The van der Waals surface area contributed by atoms with Gasteiger partial charge < -0.3 is 4.90 Å². The van der Waals surface area contributed by atoms with Gasteiger partial charge in [0.15, 0.2) is 0 Å². The molecule has 1 amide bonds. The number of benzene rings is 1. The third-order valence-electron chi connectivity index (χ3n) is 3.78. The molecule has 0 radical (unpaired) electrons. The molecule has 1 aromatic heterocycles. The topological polar surface area (TPSA) is 38.1 Å². The number of nitrogens with zero attached hydrogens (tertiary/aromatic N) is 3. The first-order chi connectivity index (χ1) is 10.1. The van der Waals surface area contributed by atoms with Crippen molar-refractivity contribution in [3.63, 3.8) is 0 Å². The fraction of sp³-hybridized carbons (Fsp3) is 0.375. The van der Waals surface area contributed by atoms with Crippen LogP contribution in [0.25, 0.3) is 5.69 Å². The average Bonchev–Trinajstić information content (AvgIpc) is 2.81. The number of hydrogen-bond donors (Lipinski definition) is 0. The first-order valence-corrected chi connectivity index (χ1v) is 7.59. The van der Waals surface area contributed by atoms with Gasteiger partial charge in [0, 0.05) is 18.1 Å². The van der Waals surface area contributed by atoms with Gasteiger partial charge in [-0.2, -0.15) is 5.10 Å². The summed E-state index contributed by atoms with van der Waals surface area (Å²) in [6.45, 7) is 5.84. The highest BCUT2D eigenvalue weighted by molar-refractivity contribution is 6.30. The van der Waals surface area contributed by atoms with Gasteiger partial charge in [0.05, 0.1) is 23.1 Å². The molecule has 2 aromatic rings. The van der Waals surface area contributed by atoms with E-state index in [1.807, 2.05) is 33.8 Å². The highest BCUT2D eigenvalue weighted by Gasteiger charge is 2.27. The Morgan fingerprint density at radius 3 is 2.67 bits per heavy atom. The van der Waals surface area contributed by atoms with Gasteiger partial charge in [-0.25, -0.2) is 4.68 Å². The van der Waals surface area contributed by atoms with Crippen molar-refractivity contribution in [3.05, 3.63) is 46.7 Å². The van der Waals surface area contributed by atoms with Gasteiger partial charge in [0.1, 0.15) is 0 Å². The second-order valence-electron chi connectivity index (χ2n) is 5.64. The van der Waals surface area contributed by atoms with Gasteiger partial charge in [0.2, 0.25) is 0 Å². The number of amides is 1. The van der Waals surface area contributed by atoms with Gasteiger partial charge in [-0.15, -0.1) is 0 Å². The number of hydrogen-bond acceptors (Lipinski definition) is 2. The van der Waals surface area contributed by atoms with Crippen molar-refractivity contribution in [2.75, 3.05) is 13.1 Å². The van der Waals surface area contributed by atoms with Gasteiger partial charge in [-0.3, -0.25) is 4.79 Å². The van der Waals surface area contributed by atoms with Crippen LogP contribution in [0.3, 0.4) is 0 Å². The molecule has 1 aliphatic heterocycles. The largest absolute Gasteiger partial charge is 0.338 e. The molecule has 110 valence electrons. The Labute approximate surface area is 129 Å². The van der Waals surface area contributed by atoms with Crippen LogP contribution in [0.15, 0.2) is 30.5 Å². The van der Waals surface area contributed by atoms with Crippen LogP contribution in [0.5, 0.6) is 0 Å². The van der Waals surface area contributed by atoms with Crippen LogP contribution in [-0.4, -0.2) is 33.7 Å². The summed E-state index contributed by atoms with van der Waals surface area (Å²) < 4.78 is 1.82. The van der Waals surface area contributed by atoms with Crippen LogP contribution < -0.4 is 0 Å². The smallest absolute Gasteiger partial charge is 0.257 e. The van der Waals surface area contributed by atoms with E-state index in [0.29, 0.717) is 10.6 Å². The molecule has 0 bridgehead atoms. The van der Waals surface area contributed by atoms with E-state index >= 15 is 0 Å². The summed E-state index contributed by atoms with van der Waals surface area (Å²) in [5, 5.41) is 5.08. The quantitative estimate of drug-likeness (QED) is 0.870. The molecule has 0 unspecified atom stereocenters. The van der Waals surface area contributed by atoms with E-state index in [1.165, 1.54) is 0 Å². The normalized spacial score (nSPS) is 14.4. The molecule has 0 aliphatic carbocycles. The van der Waals surface area contributed by atoms with Crippen molar-refractivity contribution in [2.24, 2.45) is 0 Å². The van der Waals surface area contributed by atoms with E-state index in [2.05, 4.69) is 18.9 Å². The number of rotatable bonds is 3. The van der Waals surface area contributed by atoms with E-state index in [9.17, 15) is 4.79 Å². The molecular formula is C16H18ClN3O. The minimum Gasteiger partial charge on any atom is -0.338 e. The lowest BCUT2D eigenvalue weighted by molar-refractivity contribution is 0.0650. The van der Waals surface area contributed by atoms with Crippen LogP contribution in [-0.2, 0) is 0 Å². The highest BCUT2D eigenvalue weighted by atomic mass is 35.5. The van der Waals surface area contributed by atoms with E-state index in [0.717, 1.165) is 30.9 Å². The van der Waals surface area contributed by atoms with E-state index in [1.54, 1.807) is 6.20 Å². The molecule has 1 fully saturated rings. The molecule has 0 atom stereocenters. The summed E-state index contributed by atoms with van der Waals surface area (Å²) in [6, 6.07) is 7.52. The molecule has 1 saturated heterocycles. The Balaban J connectivity index is 2.05. The first kappa shape index (κ1) is 14.1. The van der Waals surface area contributed by atoms with Crippen molar-refractivity contribution < 1.29 is 4.79 Å². The maximum absolute atomic E-state index is 12.5. The van der Waals surface area contributed by atoms with Gasteiger partial charge in [-0.1, -0.05) is 31.5 Å². The van der Waals surface area contributed by atoms with E-state index in [-0.39, 0.29) is 11.8 Å². The molecule has 0 spiro atoms. The monoisotopic (exact) mass is 303 g/mol. The third-order valence-corrected chi connectivity index (χ3v) is 4.01. The van der Waals surface area contributed by atoms with Crippen molar-refractivity contribution in [1.82, 2.24) is 14.7 Å². The Bertz CT molecular complexity index is 674. The van der Waals surface area contributed by atoms with E-state index < -0.39 is 0 Å². The lowest BCUT2D eigenvalue weighted by Crippen LogP contribution is -2.42. The highest BCUT2D eigenvalue weighted by Crippen LogP contribution is 2.26. The molecule has 0 N–H and O–H groups in total. The van der Waals surface area contributed by atoms with Crippen LogP contribution in [0.1, 0.15) is 42.2 Å². The predicted octanol–water partition coefficient (Wildman–Crippen LogP) is 3.50. The number of carbonyl (C=O) groups is 1. The molecule has 0 saturated carbocycles. The molecule has 1 aliphatic rings. The number of aromatic nitrogens is 2. The Morgan fingerprint density at radius 2 is 2.10 bits per heavy atom. The Hall–Kier alpha value is -1.81. The van der Waals surface area contributed by atoms with Crippen molar-refractivity contribution in [2.45, 2.75) is 26.2 Å². The summed E-state index contributed by atoms with van der Waals surface area (Å²) >= 11 is 6.06. The predicted molar refractivity (Wildman–Crippen MR) is 83.2 cm³/mol. The summed E-state index contributed by atoms with van der Waals surface area (Å²) in [7, 11) is 0. The molecule has 1 aromatic carbocycles. The zero-order valence-electron chi connectivity index (χ0n) is 12.2. The Kier molecular flexibility index (Phi) is 3.72.